The fraction of sp³-hybridized carbons (Fsp3) is 0.240. The smallest absolute Gasteiger partial charge is 0.262 e. The Labute approximate surface area is 182 Å². The number of anilines is 2. The zero-order valence-corrected chi connectivity index (χ0v) is 17.6. The van der Waals surface area contributed by atoms with Crippen LogP contribution in [0.25, 0.3) is 11.1 Å². The monoisotopic (exact) mass is 420 g/mol. The normalized spacial score (nSPS) is 13.7. The van der Waals surface area contributed by atoms with Crippen LogP contribution in [0.3, 0.4) is 0 Å². The lowest BCUT2D eigenvalue weighted by atomic mass is 10.1. The molecular weight excluding hydrogens is 396 g/mol. The maximum absolute atomic E-state index is 12.3. The number of rotatable bonds is 6. The van der Waals surface area contributed by atoms with Crippen molar-refractivity contribution in [2.45, 2.75) is 19.3 Å². The average molecular weight is 421 g/mol. The molecule has 30 heavy (non-hydrogen) atoms. The van der Waals surface area contributed by atoms with Gasteiger partial charge in [-0.3, -0.25) is 4.79 Å². The van der Waals surface area contributed by atoms with Crippen LogP contribution in [0.5, 0.6) is 5.75 Å². The van der Waals surface area contributed by atoms with Crippen LogP contribution in [0.15, 0.2) is 72.8 Å². The Kier molecular flexibility index (Phi) is 6.55. The minimum absolute atomic E-state index is 0.0989. The fourth-order valence-corrected chi connectivity index (χ4v) is 3.91. The van der Waals surface area contributed by atoms with Gasteiger partial charge in [-0.2, -0.15) is 0 Å². The van der Waals surface area contributed by atoms with Gasteiger partial charge in [0, 0.05) is 24.5 Å². The third kappa shape index (κ3) is 5.14. The quantitative estimate of drug-likeness (QED) is 0.530. The first-order chi connectivity index (χ1) is 14.7. The Morgan fingerprint density at radius 2 is 1.63 bits per heavy atom. The van der Waals surface area contributed by atoms with Gasteiger partial charge in [0.05, 0.1) is 5.02 Å². The number of carbonyl (C=O) groups excluding carboxylic acids is 1. The molecule has 0 aliphatic carbocycles. The second kappa shape index (κ2) is 9.68. The van der Waals surface area contributed by atoms with Crippen molar-refractivity contribution in [1.82, 2.24) is 0 Å². The van der Waals surface area contributed by atoms with Gasteiger partial charge in [-0.05, 0) is 66.8 Å². The third-order valence-corrected chi connectivity index (χ3v) is 5.57. The van der Waals surface area contributed by atoms with Crippen LogP contribution in [0, 0.1) is 0 Å². The van der Waals surface area contributed by atoms with Gasteiger partial charge >= 0.3 is 0 Å². The van der Waals surface area contributed by atoms with E-state index in [-0.39, 0.29) is 12.5 Å². The summed E-state index contributed by atoms with van der Waals surface area (Å²) < 4.78 is 5.63. The van der Waals surface area contributed by atoms with Gasteiger partial charge in [0.1, 0.15) is 5.75 Å². The molecule has 0 saturated carbocycles. The number of nitrogens with zero attached hydrogens (tertiary/aromatic N) is 1. The van der Waals surface area contributed by atoms with Gasteiger partial charge in [-0.1, -0.05) is 48.0 Å². The number of piperidine rings is 1. The number of hydrogen-bond acceptors (Lipinski definition) is 3. The first-order valence-electron chi connectivity index (χ1n) is 10.3. The fourth-order valence-electron chi connectivity index (χ4n) is 3.68. The van der Waals surface area contributed by atoms with E-state index in [1.807, 2.05) is 54.6 Å². The highest BCUT2D eigenvalue weighted by atomic mass is 35.5. The molecule has 0 spiro atoms. The van der Waals surface area contributed by atoms with Crippen LogP contribution in [0.4, 0.5) is 11.4 Å². The largest absolute Gasteiger partial charge is 0.482 e. The van der Waals surface area contributed by atoms with Gasteiger partial charge in [-0.15, -0.1) is 0 Å². The highest BCUT2D eigenvalue weighted by Crippen LogP contribution is 2.30. The first kappa shape index (κ1) is 20.3. The summed E-state index contributed by atoms with van der Waals surface area (Å²) in [6.45, 7) is 2.10. The zero-order chi connectivity index (χ0) is 20.8. The molecule has 1 fully saturated rings. The van der Waals surface area contributed by atoms with Gasteiger partial charge in [0.15, 0.2) is 6.61 Å². The summed E-state index contributed by atoms with van der Waals surface area (Å²) in [4.78, 5) is 14.7. The van der Waals surface area contributed by atoms with E-state index in [1.165, 1.54) is 24.9 Å². The van der Waals surface area contributed by atoms with Crippen LogP contribution < -0.4 is 15.0 Å². The van der Waals surface area contributed by atoms with Crippen LogP contribution >= 0.6 is 11.6 Å². The summed E-state index contributed by atoms with van der Waals surface area (Å²) in [6, 6.07) is 23.6. The van der Waals surface area contributed by atoms with Crippen molar-refractivity contribution in [2.75, 3.05) is 29.9 Å². The zero-order valence-electron chi connectivity index (χ0n) is 16.8. The summed E-state index contributed by atoms with van der Waals surface area (Å²) >= 11 is 6.35. The van der Waals surface area contributed by atoms with E-state index in [1.54, 1.807) is 6.07 Å². The molecule has 0 bridgehead atoms. The molecule has 3 aromatic rings. The molecule has 154 valence electrons. The summed E-state index contributed by atoms with van der Waals surface area (Å²) in [6.07, 6.45) is 3.79. The highest BCUT2D eigenvalue weighted by Gasteiger charge is 2.12. The molecule has 0 atom stereocenters. The van der Waals surface area contributed by atoms with Crippen molar-refractivity contribution < 1.29 is 9.53 Å². The van der Waals surface area contributed by atoms with Crippen LogP contribution in [-0.2, 0) is 4.79 Å². The Bertz CT molecular complexity index is 984. The predicted octanol–water partition coefficient (Wildman–Crippen LogP) is 6.01. The van der Waals surface area contributed by atoms with Crippen LogP contribution in [0.1, 0.15) is 19.3 Å². The van der Waals surface area contributed by atoms with E-state index in [0.717, 1.165) is 29.9 Å². The van der Waals surface area contributed by atoms with Crippen molar-refractivity contribution in [3.63, 3.8) is 0 Å². The lowest BCUT2D eigenvalue weighted by Crippen LogP contribution is -2.29. The number of carbonyl (C=O) groups is 1. The molecule has 3 aromatic carbocycles. The molecule has 5 heteroatoms. The van der Waals surface area contributed by atoms with Crippen molar-refractivity contribution >= 4 is 28.9 Å². The molecule has 4 rings (SSSR count). The van der Waals surface area contributed by atoms with Crippen molar-refractivity contribution in [1.29, 1.82) is 0 Å². The number of halogens is 1. The molecule has 1 amide bonds. The summed E-state index contributed by atoms with van der Waals surface area (Å²) in [5.74, 6) is 0.274. The third-order valence-electron chi connectivity index (χ3n) is 5.27. The molecule has 1 N–H and O–H groups in total. The summed E-state index contributed by atoms with van der Waals surface area (Å²) in [7, 11) is 0. The molecule has 0 aromatic heterocycles. The number of benzene rings is 3. The Balaban J connectivity index is 1.31. The maximum atomic E-state index is 12.3. The molecule has 0 unspecified atom stereocenters. The van der Waals surface area contributed by atoms with Gasteiger partial charge in [0.2, 0.25) is 0 Å². The van der Waals surface area contributed by atoms with E-state index in [9.17, 15) is 4.79 Å². The minimum Gasteiger partial charge on any atom is -0.482 e. The summed E-state index contributed by atoms with van der Waals surface area (Å²) in [5, 5.41) is 3.35. The maximum Gasteiger partial charge on any atom is 0.262 e. The van der Waals surface area contributed by atoms with Crippen molar-refractivity contribution in [2.24, 2.45) is 0 Å². The number of ether oxygens (including phenoxy) is 1. The van der Waals surface area contributed by atoms with Gasteiger partial charge in [-0.25, -0.2) is 0 Å². The van der Waals surface area contributed by atoms with E-state index in [2.05, 4.69) is 22.3 Å². The Morgan fingerprint density at radius 3 is 2.33 bits per heavy atom. The standard InChI is InChI=1S/C25H25ClN2O2/c26-23-17-20(19-7-3-1-4-8-19)9-14-24(23)30-18-25(29)27-21-10-12-22(13-11-21)28-15-5-2-6-16-28/h1,3-4,7-14,17H,2,5-6,15-16,18H2,(H,27,29). The predicted molar refractivity (Wildman–Crippen MR) is 124 cm³/mol. The number of nitrogens with one attached hydrogen (secondary N) is 1. The lowest BCUT2D eigenvalue weighted by molar-refractivity contribution is -0.118. The highest BCUT2D eigenvalue weighted by molar-refractivity contribution is 6.32. The number of hydrogen-bond donors (Lipinski definition) is 1. The van der Waals surface area contributed by atoms with E-state index in [4.69, 9.17) is 16.3 Å². The van der Waals surface area contributed by atoms with E-state index >= 15 is 0 Å². The number of amides is 1. The molecular formula is C25H25ClN2O2. The topological polar surface area (TPSA) is 41.6 Å². The summed E-state index contributed by atoms with van der Waals surface area (Å²) in [5.41, 5.74) is 4.05. The van der Waals surface area contributed by atoms with Gasteiger partial charge < -0.3 is 15.0 Å². The molecule has 1 saturated heterocycles. The van der Waals surface area contributed by atoms with Crippen LogP contribution in [0.2, 0.25) is 5.02 Å². The SMILES string of the molecule is O=C(COc1ccc(-c2ccccc2)cc1Cl)Nc1ccc(N2CCCCC2)cc1. The first-order valence-corrected chi connectivity index (χ1v) is 10.7. The molecule has 0 radical (unpaired) electrons. The van der Waals surface area contributed by atoms with Crippen molar-refractivity contribution in [3.05, 3.63) is 77.8 Å². The second-order valence-electron chi connectivity index (χ2n) is 7.44. The minimum atomic E-state index is -0.219. The molecule has 1 heterocycles. The van der Waals surface area contributed by atoms with Gasteiger partial charge in [0.25, 0.3) is 5.91 Å². The Morgan fingerprint density at radius 1 is 0.900 bits per heavy atom. The molecule has 1 aliphatic heterocycles. The van der Waals surface area contributed by atoms with Crippen molar-refractivity contribution in [3.8, 4) is 16.9 Å². The second-order valence-corrected chi connectivity index (χ2v) is 7.85. The van der Waals surface area contributed by atoms with Crippen LogP contribution in [-0.4, -0.2) is 25.6 Å². The lowest BCUT2D eigenvalue weighted by Gasteiger charge is -2.28. The van der Waals surface area contributed by atoms with E-state index in [0.29, 0.717) is 10.8 Å². The Hall–Kier alpha value is -2.98. The molecule has 1 aliphatic rings. The molecule has 4 nitrogen and oxygen atoms in total. The average Bonchev–Trinajstić information content (AvgIpc) is 2.80. The van der Waals surface area contributed by atoms with E-state index < -0.39 is 0 Å².